The zero-order valence-electron chi connectivity index (χ0n) is 17.1. The molecule has 0 unspecified atom stereocenters. The van der Waals surface area contributed by atoms with E-state index >= 15 is 0 Å². The molecule has 2 aromatic rings. The minimum atomic E-state index is 0.821. The number of hydrogen-bond donors (Lipinski definition) is 4. The second kappa shape index (κ2) is 14.0. The summed E-state index contributed by atoms with van der Waals surface area (Å²) in [5, 5.41) is 13.8. The molecule has 6 nitrogen and oxygen atoms in total. The van der Waals surface area contributed by atoms with E-state index in [0.717, 1.165) is 63.9 Å². The minimum Gasteiger partial charge on any atom is -0.496 e. The van der Waals surface area contributed by atoms with Crippen LogP contribution >= 0.6 is 0 Å². The predicted molar refractivity (Wildman–Crippen MR) is 115 cm³/mol. The summed E-state index contributed by atoms with van der Waals surface area (Å²) in [6.45, 7) is 7.32. The lowest BCUT2D eigenvalue weighted by atomic mass is 10.2. The van der Waals surface area contributed by atoms with Crippen molar-refractivity contribution in [3.05, 3.63) is 59.7 Å². The Hall–Kier alpha value is -2.12. The average Bonchev–Trinajstić information content (AvgIpc) is 2.75. The first-order valence-corrected chi connectivity index (χ1v) is 9.91. The van der Waals surface area contributed by atoms with Crippen molar-refractivity contribution in [2.75, 3.05) is 53.5 Å². The van der Waals surface area contributed by atoms with Gasteiger partial charge in [0.05, 0.1) is 14.2 Å². The molecule has 2 rings (SSSR count). The first kappa shape index (κ1) is 22.2. The van der Waals surface area contributed by atoms with Crippen LogP contribution < -0.4 is 30.7 Å². The van der Waals surface area contributed by atoms with E-state index in [1.165, 1.54) is 11.1 Å². The van der Waals surface area contributed by atoms with Gasteiger partial charge in [-0.2, -0.15) is 0 Å². The van der Waals surface area contributed by atoms with Crippen molar-refractivity contribution < 1.29 is 9.47 Å². The second-order valence-electron chi connectivity index (χ2n) is 6.48. The van der Waals surface area contributed by atoms with Crippen LogP contribution in [0, 0.1) is 0 Å². The minimum absolute atomic E-state index is 0.821. The molecular formula is C22H34N4O2. The lowest BCUT2D eigenvalue weighted by molar-refractivity contribution is 0.407. The molecule has 0 heterocycles. The number of benzene rings is 2. The van der Waals surface area contributed by atoms with Crippen LogP contribution in [0.5, 0.6) is 11.5 Å². The van der Waals surface area contributed by atoms with Crippen LogP contribution in [0.3, 0.4) is 0 Å². The summed E-state index contributed by atoms with van der Waals surface area (Å²) in [6.07, 6.45) is 0. The van der Waals surface area contributed by atoms with Crippen molar-refractivity contribution in [3.63, 3.8) is 0 Å². The summed E-state index contributed by atoms with van der Waals surface area (Å²) < 4.78 is 10.7. The van der Waals surface area contributed by atoms with E-state index in [2.05, 4.69) is 33.4 Å². The van der Waals surface area contributed by atoms with E-state index in [9.17, 15) is 0 Å². The fourth-order valence-electron chi connectivity index (χ4n) is 2.92. The molecule has 2 aromatic carbocycles. The molecule has 0 saturated heterocycles. The van der Waals surface area contributed by atoms with Crippen LogP contribution in [0.15, 0.2) is 48.5 Å². The van der Waals surface area contributed by atoms with Gasteiger partial charge in [-0.25, -0.2) is 0 Å². The van der Waals surface area contributed by atoms with Crippen LogP contribution in [0.1, 0.15) is 11.1 Å². The molecule has 0 amide bonds. The second-order valence-corrected chi connectivity index (χ2v) is 6.48. The van der Waals surface area contributed by atoms with Gasteiger partial charge < -0.3 is 30.7 Å². The molecule has 0 aliphatic rings. The van der Waals surface area contributed by atoms with Crippen LogP contribution in [-0.2, 0) is 13.1 Å². The molecule has 0 atom stereocenters. The lowest BCUT2D eigenvalue weighted by Crippen LogP contribution is -2.35. The van der Waals surface area contributed by atoms with E-state index in [1.54, 1.807) is 14.2 Å². The summed E-state index contributed by atoms with van der Waals surface area (Å²) >= 11 is 0. The zero-order valence-corrected chi connectivity index (χ0v) is 17.1. The Kier molecular flexibility index (Phi) is 11.1. The molecule has 0 saturated carbocycles. The maximum Gasteiger partial charge on any atom is 0.123 e. The van der Waals surface area contributed by atoms with Crippen molar-refractivity contribution in [1.29, 1.82) is 0 Å². The molecule has 28 heavy (non-hydrogen) atoms. The van der Waals surface area contributed by atoms with Crippen molar-refractivity contribution >= 4 is 0 Å². The highest BCUT2D eigenvalue weighted by Gasteiger charge is 2.01. The Bertz CT molecular complexity index is 609. The Morgan fingerprint density at radius 1 is 0.536 bits per heavy atom. The van der Waals surface area contributed by atoms with Crippen LogP contribution in [0.4, 0.5) is 0 Å². The summed E-state index contributed by atoms with van der Waals surface area (Å²) in [6, 6.07) is 16.2. The monoisotopic (exact) mass is 386 g/mol. The Morgan fingerprint density at radius 3 is 1.29 bits per heavy atom. The third-order valence-electron chi connectivity index (χ3n) is 4.45. The van der Waals surface area contributed by atoms with Gasteiger partial charge in [-0.05, 0) is 12.1 Å². The topological polar surface area (TPSA) is 66.6 Å². The first-order valence-electron chi connectivity index (χ1n) is 9.91. The third kappa shape index (κ3) is 8.27. The summed E-state index contributed by atoms with van der Waals surface area (Å²) in [5.74, 6) is 1.87. The third-order valence-corrected chi connectivity index (χ3v) is 4.45. The highest BCUT2D eigenvalue weighted by atomic mass is 16.5. The SMILES string of the molecule is COc1ccccc1CNCCNCCNCCNCc1ccccc1OC. The van der Waals surface area contributed by atoms with E-state index < -0.39 is 0 Å². The van der Waals surface area contributed by atoms with Gasteiger partial charge in [0, 0.05) is 63.5 Å². The fraction of sp³-hybridized carbons (Fsp3) is 0.455. The molecule has 0 radical (unpaired) electrons. The summed E-state index contributed by atoms with van der Waals surface area (Å²) in [4.78, 5) is 0. The van der Waals surface area contributed by atoms with Gasteiger partial charge in [-0.1, -0.05) is 36.4 Å². The van der Waals surface area contributed by atoms with Gasteiger partial charge in [0.1, 0.15) is 11.5 Å². The van der Waals surface area contributed by atoms with E-state index in [0.29, 0.717) is 0 Å². The number of ether oxygens (including phenoxy) is 2. The van der Waals surface area contributed by atoms with E-state index in [1.807, 2.05) is 36.4 Å². The van der Waals surface area contributed by atoms with Gasteiger partial charge in [-0.15, -0.1) is 0 Å². The molecule has 0 spiro atoms. The maximum atomic E-state index is 5.36. The molecule has 0 bridgehead atoms. The quantitative estimate of drug-likeness (QED) is 0.350. The molecule has 0 aromatic heterocycles. The van der Waals surface area contributed by atoms with Gasteiger partial charge >= 0.3 is 0 Å². The lowest BCUT2D eigenvalue weighted by Gasteiger charge is -2.11. The normalized spacial score (nSPS) is 10.8. The van der Waals surface area contributed by atoms with Crippen LogP contribution in [0.25, 0.3) is 0 Å². The largest absolute Gasteiger partial charge is 0.496 e. The van der Waals surface area contributed by atoms with Gasteiger partial charge in [0.25, 0.3) is 0 Å². The maximum absolute atomic E-state index is 5.36. The number of rotatable bonds is 15. The average molecular weight is 387 g/mol. The van der Waals surface area contributed by atoms with E-state index in [4.69, 9.17) is 9.47 Å². The molecule has 6 heteroatoms. The van der Waals surface area contributed by atoms with Crippen LogP contribution in [-0.4, -0.2) is 53.5 Å². The summed E-state index contributed by atoms with van der Waals surface area (Å²) in [5.41, 5.74) is 2.37. The van der Waals surface area contributed by atoms with Crippen molar-refractivity contribution in [1.82, 2.24) is 21.3 Å². The number of hydrogen-bond acceptors (Lipinski definition) is 6. The Labute approximate surface area is 169 Å². The smallest absolute Gasteiger partial charge is 0.123 e. The standard InChI is InChI=1S/C22H34N4O2/c1-27-21-9-5-3-7-19(21)17-25-15-13-23-11-12-24-14-16-26-18-20-8-4-6-10-22(20)28-2/h3-10,23-26H,11-18H2,1-2H3. The first-order chi connectivity index (χ1) is 13.8. The number of methoxy groups -OCH3 is 2. The highest BCUT2D eigenvalue weighted by molar-refractivity contribution is 5.33. The molecule has 4 N–H and O–H groups in total. The van der Waals surface area contributed by atoms with Crippen molar-refractivity contribution in [2.24, 2.45) is 0 Å². The highest BCUT2D eigenvalue weighted by Crippen LogP contribution is 2.17. The fourth-order valence-corrected chi connectivity index (χ4v) is 2.92. The molecule has 154 valence electrons. The summed E-state index contributed by atoms with van der Waals surface area (Å²) in [7, 11) is 3.42. The Morgan fingerprint density at radius 2 is 0.893 bits per heavy atom. The van der Waals surface area contributed by atoms with Gasteiger partial charge in [0.15, 0.2) is 0 Å². The number of para-hydroxylation sites is 2. The van der Waals surface area contributed by atoms with E-state index in [-0.39, 0.29) is 0 Å². The molecule has 0 fully saturated rings. The Balaban J connectivity index is 1.41. The van der Waals surface area contributed by atoms with Crippen molar-refractivity contribution in [3.8, 4) is 11.5 Å². The zero-order chi connectivity index (χ0) is 19.9. The molecule has 0 aliphatic carbocycles. The van der Waals surface area contributed by atoms with Gasteiger partial charge in [0.2, 0.25) is 0 Å². The van der Waals surface area contributed by atoms with Gasteiger partial charge in [-0.3, -0.25) is 0 Å². The number of nitrogens with one attached hydrogen (secondary N) is 4. The molecule has 0 aliphatic heterocycles. The van der Waals surface area contributed by atoms with Crippen LogP contribution in [0.2, 0.25) is 0 Å². The molecular weight excluding hydrogens is 352 g/mol. The predicted octanol–water partition coefficient (Wildman–Crippen LogP) is 1.76. The van der Waals surface area contributed by atoms with Crippen molar-refractivity contribution in [2.45, 2.75) is 13.1 Å².